The molecule has 0 saturated heterocycles. The van der Waals surface area contributed by atoms with Crippen LogP contribution in [0.25, 0.3) is 11.4 Å². The number of carbonyl (C=O) groups excluding carboxylic acids is 2. The highest BCUT2D eigenvalue weighted by Crippen LogP contribution is 2.29. The predicted octanol–water partition coefficient (Wildman–Crippen LogP) is 2.43. The Balaban J connectivity index is 2.03. The predicted molar refractivity (Wildman–Crippen MR) is 70.1 cm³/mol. The van der Waals surface area contributed by atoms with E-state index in [1.807, 2.05) is 0 Å². The highest BCUT2D eigenvalue weighted by molar-refractivity contribution is 5.84. The van der Waals surface area contributed by atoms with E-state index in [0.29, 0.717) is 11.1 Å². The summed E-state index contributed by atoms with van der Waals surface area (Å²) in [6.07, 6.45) is -4.66. The number of hydrogen-bond acceptors (Lipinski definition) is 6. The van der Waals surface area contributed by atoms with Gasteiger partial charge in [-0.1, -0.05) is 29.4 Å². The summed E-state index contributed by atoms with van der Waals surface area (Å²) < 4.78 is 45.9. The molecule has 1 aromatic heterocycles. The van der Waals surface area contributed by atoms with E-state index in [0.717, 1.165) is 0 Å². The third kappa shape index (κ3) is 4.63. The van der Waals surface area contributed by atoms with Crippen molar-refractivity contribution in [1.29, 1.82) is 0 Å². The molecule has 0 bridgehead atoms. The number of nitrogens with zero attached hydrogens (tertiary/aromatic N) is 2. The number of aromatic nitrogens is 2. The Bertz CT molecular complexity index is 708. The fourth-order valence-corrected chi connectivity index (χ4v) is 1.69. The lowest BCUT2D eigenvalue weighted by molar-refractivity contribution is -0.159. The van der Waals surface area contributed by atoms with Crippen LogP contribution in [0.5, 0.6) is 0 Å². The van der Waals surface area contributed by atoms with Crippen LogP contribution in [-0.4, -0.2) is 28.5 Å². The van der Waals surface area contributed by atoms with Crippen LogP contribution in [0.15, 0.2) is 28.8 Å². The molecule has 0 aliphatic heterocycles. The zero-order valence-electron chi connectivity index (χ0n) is 11.9. The van der Waals surface area contributed by atoms with Crippen LogP contribution in [0.3, 0.4) is 0 Å². The van der Waals surface area contributed by atoms with Crippen molar-refractivity contribution >= 4 is 11.8 Å². The number of ether oxygens (including phenoxy) is 1. The molecule has 1 heterocycles. The molecule has 0 aliphatic carbocycles. The maximum atomic E-state index is 12.4. The maximum absolute atomic E-state index is 12.4. The largest absolute Gasteiger partial charge is 0.471 e. The Morgan fingerprint density at radius 1 is 1.22 bits per heavy atom. The molecular weight excluding hydrogens is 317 g/mol. The first-order chi connectivity index (χ1) is 10.8. The van der Waals surface area contributed by atoms with Gasteiger partial charge in [0.05, 0.1) is 0 Å². The summed E-state index contributed by atoms with van der Waals surface area (Å²) in [5.41, 5.74) is 0.936. The first kappa shape index (κ1) is 16.7. The minimum atomic E-state index is -4.70. The van der Waals surface area contributed by atoms with Gasteiger partial charge in [0.2, 0.25) is 5.82 Å². The molecule has 0 atom stereocenters. The van der Waals surface area contributed by atoms with Crippen molar-refractivity contribution in [2.24, 2.45) is 0 Å². The molecule has 9 heteroatoms. The minimum Gasteiger partial charge on any atom is -0.458 e. The van der Waals surface area contributed by atoms with E-state index >= 15 is 0 Å². The number of ketones is 1. The van der Waals surface area contributed by atoms with Gasteiger partial charge >= 0.3 is 18.0 Å². The summed E-state index contributed by atoms with van der Waals surface area (Å²) in [7, 11) is 0. The summed E-state index contributed by atoms with van der Waals surface area (Å²) in [6.45, 7) is 0.874. The van der Waals surface area contributed by atoms with E-state index in [2.05, 4.69) is 19.4 Å². The summed E-state index contributed by atoms with van der Waals surface area (Å²) in [5, 5.41) is 3.26. The van der Waals surface area contributed by atoms with Crippen molar-refractivity contribution in [3.8, 4) is 11.4 Å². The second kappa shape index (κ2) is 6.59. The molecule has 0 N–H and O–H groups in total. The van der Waals surface area contributed by atoms with Gasteiger partial charge in [0, 0.05) is 18.9 Å². The molecule has 0 amide bonds. The van der Waals surface area contributed by atoms with Gasteiger partial charge in [-0.2, -0.15) is 18.2 Å². The maximum Gasteiger partial charge on any atom is 0.471 e. The molecule has 0 unspecified atom stereocenters. The fraction of sp³-hybridized carbons (Fsp3) is 0.286. The Hall–Kier alpha value is -2.71. The van der Waals surface area contributed by atoms with E-state index in [9.17, 15) is 22.8 Å². The van der Waals surface area contributed by atoms with Crippen LogP contribution < -0.4 is 0 Å². The molecule has 0 spiro atoms. The topological polar surface area (TPSA) is 82.3 Å². The van der Waals surface area contributed by atoms with Gasteiger partial charge in [-0.15, -0.1) is 0 Å². The average molecular weight is 328 g/mol. The van der Waals surface area contributed by atoms with Crippen LogP contribution in [0.2, 0.25) is 0 Å². The molecule has 2 aromatic rings. The van der Waals surface area contributed by atoms with Crippen molar-refractivity contribution in [1.82, 2.24) is 10.1 Å². The number of rotatable bonds is 5. The van der Waals surface area contributed by atoms with Crippen LogP contribution in [0.1, 0.15) is 18.4 Å². The average Bonchev–Trinajstić information content (AvgIpc) is 2.96. The fourth-order valence-electron chi connectivity index (χ4n) is 1.69. The van der Waals surface area contributed by atoms with Gasteiger partial charge < -0.3 is 9.26 Å². The molecule has 1 aromatic carbocycles. The lowest BCUT2D eigenvalue weighted by Crippen LogP contribution is -2.13. The van der Waals surface area contributed by atoms with E-state index in [1.165, 1.54) is 19.1 Å². The van der Waals surface area contributed by atoms with Gasteiger partial charge in [0.25, 0.3) is 0 Å². The first-order valence-electron chi connectivity index (χ1n) is 6.41. The van der Waals surface area contributed by atoms with Gasteiger partial charge in [-0.25, -0.2) is 0 Å². The van der Waals surface area contributed by atoms with Crippen LogP contribution >= 0.6 is 0 Å². The Kier molecular flexibility index (Phi) is 4.77. The monoisotopic (exact) mass is 328 g/mol. The van der Waals surface area contributed by atoms with Crippen molar-refractivity contribution < 1.29 is 32.0 Å². The van der Waals surface area contributed by atoms with Gasteiger partial charge in [0.1, 0.15) is 6.61 Å². The van der Waals surface area contributed by atoms with E-state index in [4.69, 9.17) is 0 Å². The molecule has 122 valence electrons. The zero-order valence-corrected chi connectivity index (χ0v) is 11.9. The highest BCUT2D eigenvalue weighted by Gasteiger charge is 2.38. The first-order valence-corrected chi connectivity index (χ1v) is 6.41. The van der Waals surface area contributed by atoms with Gasteiger partial charge in [-0.05, 0) is 5.56 Å². The standard InChI is InChI=1S/C14H11F3N2O4/c1-8(20)22-7-11(21)6-9-2-4-10(5-3-9)12-18-13(23-19-12)14(15,16)17/h2-5H,6-7H2,1H3. The molecule has 0 radical (unpaired) electrons. The number of benzene rings is 1. The third-order valence-electron chi connectivity index (χ3n) is 2.72. The number of Topliss-reactive ketones (excluding diaryl/α,β-unsaturated/α-hetero) is 1. The quantitative estimate of drug-likeness (QED) is 0.784. The Labute approximate surface area is 128 Å². The molecule has 0 fully saturated rings. The number of alkyl halides is 3. The van der Waals surface area contributed by atoms with Gasteiger partial charge in [0.15, 0.2) is 5.78 Å². The van der Waals surface area contributed by atoms with E-state index < -0.39 is 18.0 Å². The Morgan fingerprint density at radius 3 is 2.39 bits per heavy atom. The SMILES string of the molecule is CC(=O)OCC(=O)Cc1ccc(-c2noc(C(F)(F)F)n2)cc1. The number of hydrogen-bond donors (Lipinski definition) is 0. The highest BCUT2D eigenvalue weighted by atomic mass is 19.4. The van der Waals surface area contributed by atoms with Crippen molar-refractivity contribution in [3.05, 3.63) is 35.7 Å². The number of carbonyl (C=O) groups is 2. The minimum absolute atomic E-state index is 0.0353. The molecule has 0 aliphatic rings. The lowest BCUT2D eigenvalue weighted by Gasteiger charge is -2.02. The van der Waals surface area contributed by atoms with Crippen LogP contribution in [0.4, 0.5) is 13.2 Å². The number of halogens is 3. The normalized spacial score (nSPS) is 11.3. The molecule has 0 saturated carbocycles. The third-order valence-corrected chi connectivity index (χ3v) is 2.72. The molecule has 6 nitrogen and oxygen atoms in total. The van der Waals surface area contributed by atoms with E-state index in [-0.39, 0.29) is 24.6 Å². The Morgan fingerprint density at radius 2 is 1.87 bits per heavy atom. The second-order valence-corrected chi connectivity index (χ2v) is 4.61. The summed E-state index contributed by atoms with van der Waals surface area (Å²) >= 11 is 0. The van der Waals surface area contributed by atoms with Crippen LogP contribution in [-0.2, 0) is 26.9 Å². The molecule has 23 heavy (non-hydrogen) atoms. The number of esters is 1. The van der Waals surface area contributed by atoms with Crippen LogP contribution in [0, 0.1) is 0 Å². The lowest BCUT2D eigenvalue weighted by atomic mass is 10.1. The van der Waals surface area contributed by atoms with Crippen molar-refractivity contribution in [2.45, 2.75) is 19.5 Å². The smallest absolute Gasteiger partial charge is 0.458 e. The van der Waals surface area contributed by atoms with Crippen molar-refractivity contribution in [2.75, 3.05) is 6.61 Å². The zero-order chi connectivity index (χ0) is 17.0. The molecular formula is C14H11F3N2O4. The second-order valence-electron chi connectivity index (χ2n) is 4.61. The van der Waals surface area contributed by atoms with Crippen molar-refractivity contribution in [3.63, 3.8) is 0 Å². The summed E-state index contributed by atoms with van der Waals surface area (Å²) in [6, 6.07) is 6.04. The molecule has 2 rings (SSSR count). The summed E-state index contributed by atoms with van der Waals surface area (Å²) in [4.78, 5) is 25.4. The summed E-state index contributed by atoms with van der Waals surface area (Å²) in [5.74, 6) is -2.47. The van der Waals surface area contributed by atoms with Gasteiger partial charge in [-0.3, -0.25) is 9.59 Å². The van der Waals surface area contributed by atoms with E-state index in [1.54, 1.807) is 12.1 Å².